The summed E-state index contributed by atoms with van der Waals surface area (Å²) in [6, 6.07) is 11.6. The van der Waals surface area contributed by atoms with Crippen LogP contribution in [0.25, 0.3) is 10.1 Å². The third-order valence-electron chi connectivity index (χ3n) is 3.26. The van der Waals surface area contributed by atoms with Gasteiger partial charge in [0.1, 0.15) is 5.82 Å². The molecule has 0 aliphatic rings. The Kier molecular flexibility index (Phi) is 4.74. The van der Waals surface area contributed by atoms with Gasteiger partial charge in [0.25, 0.3) is 0 Å². The van der Waals surface area contributed by atoms with E-state index < -0.39 is 0 Å². The summed E-state index contributed by atoms with van der Waals surface area (Å²) in [7, 11) is 0. The first-order chi connectivity index (χ1) is 10.2. The van der Waals surface area contributed by atoms with E-state index in [1.54, 1.807) is 28.7 Å². The molecule has 21 heavy (non-hydrogen) atoms. The van der Waals surface area contributed by atoms with Gasteiger partial charge < -0.3 is 5.32 Å². The molecule has 0 saturated heterocycles. The Hall–Kier alpha value is -0.750. The van der Waals surface area contributed by atoms with E-state index in [2.05, 4.69) is 46.4 Å². The summed E-state index contributed by atoms with van der Waals surface area (Å²) < 4.78 is 15.5. The van der Waals surface area contributed by atoms with Crippen molar-refractivity contribution in [2.24, 2.45) is 0 Å². The molecule has 0 spiro atoms. The van der Waals surface area contributed by atoms with Crippen molar-refractivity contribution in [1.29, 1.82) is 0 Å². The van der Waals surface area contributed by atoms with Crippen molar-refractivity contribution in [2.45, 2.75) is 19.4 Å². The molecular weight excluding hydrogens is 369 g/mol. The van der Waals surface area contributed by atoms with Gasteiger partial charge in [0, 0.05) is 14.5 Å². The second-order valence-corrected chi connectivity index (χ2v) is 8.47. The molecule has 0 fully saturated rings. The molecule has 1 unspecified atom stereocenters. The Morgan fingerprint density at radius 2 is 2.00 bits per heavy atom. The van der Waals surface area contributed by atoms with Crippen LogP contribution in [0.4, 0.5) is 4.39 Å². The molecule has 5 heteroatoms. The Morgan fingerprint density at radius 1 is 1.14 bits per heavy atom. The zero-order valence-corrected chi connectivity index (χ0v) is 14.7. The van der Waals surface area contributed by atoms with Crippen LogP contribution < -0.4 is 5.32 Å². The monoisotopic (exact) mass is 383 g/mol. The lowest BCUT2D eigenvalue weighted by Crippen LogP contribution is -2.21. The highest BCUT2D eigenvalue weighted by Crippen LogP contribution is 2.37. The fourth-order valence-corrected chi connectivity index (χ4v) is 5.06. The van der Waals surface area contributed by atoms with Crippen LogP contribution in [-0.4, -0.2) is 6.54 Å². The minimum absolute atomic E-state index is 0.173. The van der Waals surface area contributed by atoms with E-state index in [4.69, 9.17) is 0 Å². The summed E-state index contributed by atoms with van der Waals surface area (Å²) in [5, 5.41) is 4.70. The zero-order valence-electron chi connectivity index (χ0n) is 11.5. The van der Waals surface area contributed by atoms with Gasteiger partial charge in [-0.05, 0) is 64.6 Å². The van der Waals surface area contributed by atoms with Crippen LogP contribution in [0.1, 0.15) is 29.1 Å². The molecule has 1 atom stereocenters. The molecule has 0 bridgehead atoms. The number of rotatable bonds is 5. The Bertz CT molecular complexity index is 750. The molecule has 3 rings (SSSR count). The first-order valence-corrected chi connectivity index (χ1v) is 9.27. The van der Waals surface area contributed by atoms with Crippen molar-refractivity contribution in [1.82, 2.24) is 5.32 Å². The zero-order chi connectivity index (χ0) is 14.8. The fraction of sp³-hybridized carbons (Fsp3) is 0.250. The third-order valence-corrected chi connectivity index (χ3v) is 6.11. The first kappa shape index (κ1) is 15.2. The minimum Gasteiger partial charge on any atom is -0.305 e. The number of benzene rings is 1. The van der Waals surface area contributed by atoms with E-state index in [0.717, 1.165) is 26.8 Å². The van der Waals surface area contributed by atoms with Crippen molar-refractivity contribution in [3.05, 3.63) is 55.8 Å². The van der Waals surface area contributed by atoms with E-state index in [0.29, 0.717) is 0 Å². The molecule has 1 aromatic carbocycles. The highest BCUT2D eigenvalue weighted by Gasteiger charge is 2.18. The van der Waals surface area contributed by atoms with Gasteiger partial charge in [0.15, 0.2) is 0 Å². The van der Waals surface area contributed by atoms with Gasteiger partial charge in [-0.15, -0.1) is 22.7 Å². The Labute approximate surface area is 139 Å². The van der Waals surface area contributed by atoms with Crippen LogP contribution in [0.3, 0.4) is 0 Å². The van der Waals surface area contributed by atoms with E-state index in [-0.39, 0.29) is 11.9 Å². The van der Waals surface area contributed by atoms with Crippen LogP contribution in [0, 0.1) is 5.82 Å². The molecular formula is C16H15BrFNS2. The van der Waals surface area contributed by atoms with Gasteiger partial charge in [-0.3, -0.25) is 0 Å². The smallest absolute Gasteiger partial charge is 0.124 e. The summed E-state index contributed by atoms with van der Waals surface area (Å²) >= 11 is 6.93. The number of thiophene rings is 2. The number of fused-ring (bicyclic) bond motifs is 1. The van der Waals surface area contributed by atoms with Gasteiger partial charge in [-0.1, -0.05) is 13.0 Å². The first-order valence-electron chi connectivity index (χ1n) is 6.85. The quantitative estimate of drug-likeness (QED) is 0.573. The largest absolute Gasteiger partial charge is 0.305 e. The maximum atomic E-state index is 13.4. The fourth-order valence-electron chi connectivity index (χ4n) is 2.28. The van der Waals surface area contributed by atoms with Crippen LogP contribution >= 0.6 is 38.6 Å². The summed E-state index contributed by atoms with van der Waals surface area (Å²) in [5.41, 5.74) is 0. The summed E-state index contributed by atoms with van der Waals surface area (Å²) in [4.78, 5) is 2.51. The molecule has 1 nitrogen and oxygen atoms in total. The molecule has 110 valence electrons. The SMILES string of the molecule is CCCNC(c1ccc(Br)s1)c1cc2ccc(F)cc2s1. The van der Waals surface area contributed by atoms with E-state index in [1.807, 2.05) is 6.07 Å². The van der Waals surface area contributed by atoms with E-state index >= 15 is 0 Å². The molecule has 2 aromatic heterocycles. The van der Waals surface area contributed by atoms with Crippen molar-refractivity contribution in [3.8, 4) is 0 Å². The second kappa shape index (κ2) is 6.57. The number of hydrogen-bond acceptors (Lipinski definition) is 3. The summed E-state index contributed by atoms with van der Waals surface area (Å²) in [6.07, 6.45) is 1.09. The molecule has 0 radical (unpaired) electrons. The van der Waals surface area contributed by atoms with Gasteiger partial charge in [-0.25, -0.2) is 4.39 Å². The lowest BCUT2D eigenvalue weighted by molar-refractivity contribution is 0.613. The van der Waals surface area contributed by atoms with Gasteiger partial charge in [0.2, 0.25) is 0 Å². The van der Waals surface area contributed by atoms with Gasteiger partial charge >= 0.3 is 0 Å². The maximum absolute atomic E-state index is 13.4. The average Bonchev–Trinajstić information content (AvgIpc) is 3.05. The number of halogens is 2. The van der Waals surface area contributed by atoms with Crippen LogP contribution in [-0.2, 0) is 0 Å². The number of hydrogen-bond donors (Lipinski definition) is 1. The van der Waals surface area contributed by atoms with Crippen LogP contribution in [0.2, 0.25) is 0 Å². The Balaban J connectivity index is 2.00. The highest BCUT2D eigenvalue weighted by molar-refractivity contribution is 9.11. The van der Waals surface area contributed by atoms with E-state index in [1.165, 1.54) is 15.8 Å². The molecule has 0 aliphatic carbocycles. The molecule has 0 amide bonds. The number of nitrogens with one attached hydrogen (secondary N) is 1. The highest BCUT2D eigenvalue weighted by atomic mass is 79.9. The molecule has 1 N–H and O–H groups in total. The van der Waals surface area contributed by atoms with Crippen molar-refractivity contribution >= 4 is 48.7 Å². The summed E-state index contributed by atoms with van der Waals surface area (Å²) in [5.74, 6) is -0.173. The molecule has 3 aromatic rings. The molecule has 0 aliphatic heterocycles. The predicted octanol–water partition coefficient (Wildman–Crippen LogP) is 5.95. The second-order valence-electron chi connectivity index (χ2n) is 4.86. The van der Waals surface area contributed by atoms with Crippen LogP contribution in [0.15, 0.2) is 40.2 Å². The molecule has 0 saturated carbocycles. The molecule has 2 heterocycles. The van der Waals surface area contributed by atoms with Gasteiger partial charge in [0.05, 0.1) is 9.83 Å². The van der Waals surface area contributed by atoms with E-state index in [9.17, 15) is 4.39 Å². The third kappa shape index (κ3) is 3.37. The maximum Gasteiger partial charge on any atom is 0.124 e. The standard InChI is InChI=1S/C16H15BrFNS2/c1-2-7-19-16(12-5-6-15(17)21-12)14-8-10-3-4-11(18)9-13(10)20-14/h3-6,8-9,16,19H,2,7H2,1H3. The average molecular weight is 384 g/mol. The lowest BCUT2D eigenvalue weighted by Gasteiger charge is -2.15. The Morgan fingerprint density at radius 3 is 2.71 bits per heavy atom. The topological polar surface area (TPSA) is 12.0 Å². The van der Waals surface area contributed by atoms with Crippen LogP contribution in [0.5, 0.6) is 0 Å². The normalized spacial score (nSPS) is 12.9. The van der Waals surface area contributed by atoms with Crippen molar-refractivity contribution < 1.29 is 4.39 Å². The predicted molar refractivity (Wildman–Crippen MR) is 93.9 cm³/mol. The lowest BCUT2D eigenvalue weighted by atomic mass is 10.1. The van der Waals surface area contributed by atoms with Gasteiger partial charge in [-0.2, -0.15) is 0 Å². The van der Waals surface area contributed by atoms with Crippen molar-refractivity contribution in [2.75, 3.05) is 6.54 Å². The van der Waals surface area contributed by atoms with Crippen molar-refractivity contribution in [3.63, 3.8) is 0 Å². The minimum atomic E-state index is -0.173. The summed E-state index contributed by atoms with van der Waals surface area (Å²) in [6.45, 7) is 3.12.